The molecule has 2 aromatic heterocycles. The van der Waals surface area contributed by atoms with Gasteiger partial charge >= 0.3 is 0 Å². The van der Waals surface area contributed by atoms with Crippen LogP contribution in [0.1, 0.15) is 80.1 Å². The van der Waals surface area contributed by atoms with E-state index in [0.29, 0.717) is 11.4 Å². The van der Waals surface area contributed by atoms with E-state index in [2.05, 4.69) is 15.5 Å². The fourth-order valence-electron chi connectivity index (χ4n) is 4.58. The maximum Gasteiger partial charge on any atom is 0.270 e. The normalized spacial score (nSPS) is 21.8. The molecule has 1 atom stereocenters. The van der Waals surface area contributed by atoms with E-state index in [1.54, 1.807) is 4.68 Å². The van der Waals surface area contributed by atoms with Crippen LogP contribution in [0.15, 0.2) is 11.0 Å². The van der Waals surface area contributed by atoms with Gasteiger partial charge in [0.25, 0.3) is 5.56 Å². The van der Waals surface area contributed by atoms with Crippen LogP contribution in [-0.2, 0) is 11.8 Å². The molecule has 0 unspecified atom stereocenters. The fourth-order valence-corrected chi connectivity index (χ4v) is 4.58. The van der Waals surface area contributed by atoms with Gasteiger partial charge in [-0.25, -0.2) is 0 Å². The van der Waals surface area contributed by atoms with Gasteiger partial charge in [0.15, 0.2) is 0 Å². The van der Waals surface area contributed by atoms with Crippen molar-refractivity contribution in [3.63, 3.8) is 0 Å². The van der Waals surface area contributed by atoms with Crippen LogP contribution in [-0.4, -0.2) is 25.5 Å². The molecule has 7 nitrogen and oxygen atoms in total. The lowest BCUT2D eigenvalue weighted by molar-refractivity contribution is -0.116. The summed E-state index contributed by atoms with van der Waals surface area (Å²) in [5.41, 5.74) is 2.43. The average Bonchev–Trinajstić information content (AvgIpc) is 3.06. The van der Waals surface area contributed by atoms with Crippen LogP contribution >= 0.6 is 0 Å². The van der Waals surface area contributed by atoms with Crippen molar-refractivity contribution < 1.29 is 4.79 Å². The second-order valence-electron chi connectivity index (χ2n) is 7.72. The van der Waals surface area contributed by atoms with Crippen LogP contribution < -0.4 is 10.9 Å². The summed E-state index contributed by atoms with van der Waals surface area (Å²) < 4.78 is 3.69. The molecule has 26 heavy (non-hydrogen) atoms. The molecule has 0 spiro atoms. The molecule has 1 fully saturated rings. The zero-order valence-corrected chi connectivity index (χ0v) is 15.5. The number of hydrogen-bond donors (Lipinski definition) is 2. The standard InChI is InChI=1S/C19H27N5O2/c1-12-15(11-23(2)21-12)14-10-16(25)20-18-17(14)19(26)22-24(18)13-8-6-4-3-5-7-9-13/h11,13-14H,3-10H2,1-2H3,(H,20,25)(H,22,26)/t14-/m1/s1. The number of hydrogen-bond acceptors (Lipinski definition) is 3. The Morgan fingerprint density at radius 1 is 1.12 bits per heavy atom. The van der Waals surface area contributed by atoms with E-state index in [1.807, 2.05) is 24.9 Å². The molecule has 0 aromatic carbocycles. The number of aromatic amines is 1. The lowest BCUT2D eigenvalue weighted by Crippen LogP contribution is -2.27. The number of nitrogens with one attached hydrogen (secondary N) is 2. The summed E-state index contributed by atoms with van der Waals surface area (Å²) in [6.45, 7) is 1.93. The summed E-state index contributed by atoms with van der Waals surface area (Å²) in [5, 5.41) is 10.4. The number of carbonyl (C=O) groups excluding carboxylic acids is 1. The van der Waals surface area contributed by atoms with Crippen LogP contribution in [0.2, 0.25) is 0 Å². The first-order chi connectivity index (χ1) is 12.5. The van der Waals surface area contributed by atoms with Gasteiger partial charge in [0, 0.05) is 31.1 Å². The molecule has 1 aliphatic heterocycles. The average molecular weight is 357 g/mol. The van der Waals surface area contributed by atoms with Gasteiger partial charge in [0.1, 0.15) is 5.82 Å². The lowest BCUT2D eigenvalue weighted by atomic mass is 9.87. The highest BCUT2D eigenvalue weighted by Crippen LogP contribution is 2.38. The van der Waals surface area contributed by atoms with Crippen LogP contribution in [0.25, 0.3) is 0 Å². The molecule has 0 bridgehead atoms. The summed E-state index contributed by atoms with van der Waals surface area (Å²) in [7, 11) is 1.87. The Balaban J connectivity index is 1.77. The van der Waals surface area contributed by atoms with Crippen LogP contribution in [0.5, 0.6) is 0 Å². The number of amides is 1. The van der Waals surface area contributed by atoms with Gasteiger partial charge in [-0.05, 0) is 19.8 Å². The molecule has 1 aliphatic carbocycles. The Kier molecular flexibility index (Phi) is 4.46. The molecule has 0 radical (unpaired) electrons. The van der Waals surface area contributed by atoms with Crippen molar-refractivity contribution in [2.45, 2.75) is 70.3 Å². The number of aromatic nitrogens is 4. The number of H-pyrrole nitrogens is 1. The van der Waals surface area contributed by atoms with Crippen LogP contribution in [0, 0.1) is 6.92 Å². The van der Waals surface area contributed by atoms with Gasteiger partial charge in [-0.2, -0.15) is 5.10 Å². The summed E-state index contributed by atoms with van der Waals surface area (Å²) in [6, 6.07) is 0.251. The number of nitrogens with zero attached hydrogens (tertiary/aromatic N) is 3. The summed E-state index contributed by atoms with van der Waals surface area (Å²) >= 11 is 0. The second kappa shape index (κ2) is 6.78. The van der Waals surface area contributed by atoms with E-state index in [0.717, 1.165) is 24.1 Å². The molecule has 2 aromatic rings. The Hall–Kier alpha value is -2.31. The summed E-state index contributed by atoms with van der Waals surface area (Å²) in [5.74, 6) is 0.403. The number of aryl methyl sites for hydroxylation is 2. The topological polar surface area (TPSA) is 84.7 Å². The minimum absolute atomic E-state index is 0.0376. The van der Waals surface area contributed by atoms with Crippen molar-refractivity contribution in [1.82, 2.24) is 19.6 Å². The van der Waals surface area contributed by atoms with Gasteiger partial charge in [0.2, 0.25) is 5.91 Å². The first kappa shape index (κ1) is 17.1. The third-order valence-corrected chi connectivity index (χ3v) is 5.83. The highest BCUT2D eigenvalue weighted by atomic mass is 16.2. The van der Waals surface area contributed by atoms with Gasteiger partial charge < -0.3 is 5.32 Å². The Bertz CT molecular complexity index is 867. The SMILES string of the molecule is Cc1nn(C)cc1[C@H]1CC(=O)Nc2c1c(=O)[nH]n2C1CCCCCCC1. The van der Waals surface area contributed by atoms with Crippen LogP contribution in [0.4, 0.5) is 5.82 Å². The van der Waals surface area contributed by atoms with Crippen molar-refractivity contribution in [3.05, 3.63) is 33.4 Å². The molecule has 3 heterocycles. The highest BCUT2D eigenvalue weighted by molar-refractivity contribution is 5.94. The largest absolute Gasteiger partial charge is 0.311 e. The monoisotopic (exact) mass is 357 g/mol. The van der Waals surface area contributed by atoms with Gasteiger partial charge in [-0.15, -0.1) is 0 Å². The third-order valence-electron chi connectivity index (χ3n) is 5.83. The maximum atomic E-state index is 12.8. The number of fused-ring (bicyclic) bond motifs is 1. The van der Waals surface area contributed by atoms with E-state index in [1.165, 1.54) is 32.1 Å². The van der Waals surface area contributed by atoms with Crippen molar-refractivity contribution in [3.8, 4) is 0 Å². The van der Waals surface area contributed by atoms with E-state index in [-0.39, 0.29) is 29.8 Å². The molecule has 2 aliphatic rings. The lowest BCUT2D eigenvalue weighted by Gasteiger charge is -2.27. The molecule has 2 N–H and O–H groups in total. The zero-order chi connectivity index (χ0) is 18.3. The predicted octanol–water partition coefficient (Wildman–Crippen LogP) is 2.98. The number of rotatable bonds is 2. The molecule has 4 rings (SSSR count). The Labute approximate surface area is 152 Å². The maximum absolute atomic E-state index is 12.8. The molecule has 1 amide bonds. The van der Waals surface area contributed by atoms with E-state index >= 15 is 0 Å². The minimum atomic E-state index is -0.231. The van der Waals surface area contributed by atoms with Crippen molar-refractivity contribution in [1.29, 1.82) is 0 Å². The Morgan fingerprint density at radius 3 is 2.46 bits per heavy atom. The molecular formula is C19H27N5O2. The number of anilines is 1. The number of carbonyl (C=O) groups is 1. The highest BCUT2D eigenvalue weighted by Gasteiger charge is 2.35. The quantitative estimate of drug-likeness (QED) is 0.866. The third kappa shape index (κ3) is 2.99. The van der Waals surface area contributed by atoms with Gasteiger partial charge in [-0.3, -0.25) is 24.1 Å². The fraction of sp³-hybridized carbons (Fsp3) is 0.632. The summed E-state index contributed by atoms with van der Waals surface area (Å²) in [6.07, 6.45) is 10.4. The molecule has 7 heteroatoms. The van der Waals surface area contributed by atoms with E-state index in [9.17, 15) is 9.59 Å². The summed E-state index contributed by atoms with van der Waals surface area (Å²) in [4.78, 5) is 25.3. The van der Waals surface area contributed by atoms with Gasteiger partial charge in [-0.1, -0.05) is 32.1 Å². The van der Waals surface area contributed by atoms with Crippen LogP contribution in [0.3, 0.4) is 0 Å². The molecule has 140 valence electrons. The Morgan fingerprint density at radius 2 is 1.81 bits per heavy atom. The van der Waals surface area contributed by atoms with Crippen molar-refractivity contribution in [2.75, 3.05) is 5.32 Å². The molecular weight excluding hydrogens is 330 g/mol. The van der Waals surface area contributed by atoms with E-state index in [4.69, 9.17) is 0 Å². The molecule has 0 saturated heterocycles. The minimum Gasteiger partial charge on any atom is -0.311 e. The van der Waals surface area contributed by atoms with Crippen molar-refractivity contribution in [2.24, 2.45) is 7.05 Å². The smallest absolute Gasteiger partial charge is 0.270 e. The van der Waals surface area contributed by atoms with E-state index < -0.39 is 0 Å². The van der Waals surface area contributed by atoms with Gasteiger partial charge in [0.05, 0.1) is 17.3 Å². The zero-order valence-electron chi connectivity index (χ0n) is 15.5. The second-order valence-corrected chi connectivity index (χ2v) is 7.72. The molecule has 1 saturated carbocycles. The van der Waals surface area contributed by atoms with Crippen molar-refractivity contribution >= 4 is 11.7 Å². The first-order valence-electron chi connectivity index (χ1n) is 9.69. The first-order valence-corrected chi connectivity index (χ1v) is 9.69. The predicted molar refractivity (Wildman–Crippen MR) is 99.4 cm³/mol.